The van der Waals surface area contributed by atoms with Gasteiger partial charge in [0.15, 0.2) is 0 Å². The molecular formula is C17H24N4. The lowest BCUT2D eigenvalue weighted by atomic mass is 9.89. The van der Waals surface area contributed by atoms with Gasteiger partial charge in [-0.05, 0) is 25.0 Å². The molecule has 1 saturated carbocycles. The summed E-state index contributed by atoms with van der Waals surface area (Å²) in [7, 11) is 0. The molecule has 2 aromatic heterocycles. The standard InChI is InChI=1S/C17H24N4/c1-2-4-14(5-3-1)17-19-13-16-12-15(6-9-21(16)17)20-10-7-18-8-11-20/h6,9,12-14,18H,1-5,7-8,10-11H2. The van der Waals surface area contributed by atoms with Crippen LogP contribution in [0, 0.1) is 0 Å². The summed E-state index contributed by atoms with van der Waals surface area (Å²) in [6.45, 7) is 4.36. The molecule has 1 N–H and O–H groups in total. The lowest BCUT2D eigenvalue weighted by Crippen LogP contribution is -2.43. The van der Waals surface area contributed by atoms with E-state index in [1.54, 1.807) is 0 Å². The maximum absolute atomic E-state index is 4.74. The Bertz CT molecular complexity index is 606. The Kier molecular flexibility index (Phi) is 3.55. The van der Waals surface area contributed by atoms with E-state index in [-0.39, 0.29) is 0 Å². The molecule has 0 atom stereocenters. The second-order valence-corrected chi connectivity index (χ2v) is 6.37. The van der Waals surface area contributed by atoms with Gasteiger partial charge in [0.25, 0.3) is 0 Å². The van der Waals surface area contributed by atoms with Crippen LogP contribution >= 0.6 is 0 Å². The van der Waals surface area contributed by atoms with E-state index in [2.05, 4.69) is 39.1 Å². The zero-order valence-electron chi connectivity index (χ0n) is 12.6. The average Bonchev–Trinajstić information content (AvgIpc) is 2.99. The molecule has 4 nitrogen and oxygen atoms in total. The molecule has 1 saturated heterocycles. The zero-order chi connectivity index (χ0) is 14.1. The summed E-state index contributed by atoms with van der Waals surface area (Å²) >= 11 is 0. The summed E-state index contributed by atoms with van der Waals surface area (Å²) in [5.41, 5.74) is 2.57. The second-order valence-electron chi connectivity index (χ2n) is 6.37. The SMILES string of the molecule is c1cn2c(C3CCCCC3)ncc2cc1N1CCNCC1. The highest BCUT2D eigenvalue weighted by Gasteiger charge is 2.20. The van der Waals surface area contributed by atoms with Gasteiger partial charge in [0.2, 0.25) is 0 Å². The fourth-order valence-corrected chi connectivity index (χ4v) is 3.79. The van der Waals surface area contributed by atoms with Gasteiger partial charge in [0.1, 0.15) is 5.82 Å². The van der Waals surface area contributed by atoms with Crippen molar-refractivity contribution in [1.29, 1.82) is 0 Å². The van der Waals surface area contributed by atoms with Crippen molar-refractivity contribution in [2.45, 2.75) is 38.0 Å². The largest absolute Gasteiger partial charge is 0.369 e. The number of nitrogens with one attached hydrogen (secondary N) is 1. The third-order valence-electron chi connectivity index (χ3n) is 5.00. The minimum Gasteiger partial charge on any atom is -0.369 e. The summed E-state index contributed by atoms with van der Waals surface area (Å²) < 4.78 is 2.31. The monoisotopic (exact) mass is 284 g/mol. The van der Waals surface area contributed by atoms with Crippen LogP contribution in [-0.2, 0) is 0 Å². The summed E-state index contributed by atoms with van der Waals surface area (Å²) in [5.74, 6) is 1.93. The minimum atomic E-state index is 0.659. The number of pyridine rings is 1. The van der Waals surface area contributed by atoms with E-state index < -0.39 is 0 Å². The highest BCUT2D eigenvalue weighted by atomic mass is 15.2. The first kappa shape index (κ1) is 13.1. The van der Waals surface area contributed by atoms with Gasteiger partial charge >= 0.3 is 0 Å². The quantitative estimate of drug-likeness (QED) is 0.920. The number of nitrogens with zero attached hydrogens (tertiary/aromatic N) is 3. The Hall–Kier alpha value is -1.55. The van der Waals surface area contributed by atoms with Crippen LogP contribution < -0.4 is 10.2 Å². The lowest BCUT2D eigenvalue weighted by molar-refractivity contribution is 0.428. The molecular weight excluding hydrogens is 260 g/mol. The lowest BCUT2D eigenvalue weighted by Gasteiger charge is -2.29. The molecule has 2 aromatic rings. The van der Waals surface area contributed by atoms with Crippen LogP contribution in [0.15, 0.2) is 24.5 Å². The Balaban J connectivity index is 1.63. The van der Waals surface area contributed by atoms with Gasteiger partial charge in [0.05, 0.1) is 11.7 Å². The number of aromatic nitrogens is 2. The Morgan fingerprint density at radius 2 is 1.90 bits per heavy atom. The molecule has 0 amide bonds. The molecule has 3 heterocycles. The molecule has 0 unspecified atom stereocenters. The van der Waals surface area contributed by atoms with Crippen LogP contribution in [0.25, 0.3) is 5.52 Å². The van der Waals surface area contributed by atoms with Crippen molar-refractivity contribution >= 4 is 11.2 Å². The first-order valence-electron chi connectivity index (χ1n) is 8.34. The van der Waals surface area contributed by atoms with E-state index in [1.807, 2.05) is 0 Å². The third-order valence-corrected chi connectivity index (χ3v) is 5.00. The molecule has 4 heteroatoms. The number of imidazole rings is 1. The molecule has 0 radical (unpaired) electrons. The van der Waals surface area contributed by atoms with E-state index in [0.717, 1.165) is 26.2 Å². The Morgan fingerprint density at radius 1 is 1.10 bits per heavy atom. The van der Waals surface area contributed by atoms with Crippen LogP contribution in [0.1, 0.15) is 43.8 Å². The van der Waals surface area contributed by atoms with Crippen molar-refractivity contribution in [3.63, 3.8) is 0 Å². The molecule has 0 bridgehead atoms. The number of fused-ring (bicyclic) bond motifs is 1. The molecule has 1 aliphatic heterocycles. The fourth-order valence-electron chi connectivity index (χ4n) is 3.79. The van der Waals surface area contributed by atoms with Crippen LogP contribution in [0.4, 0.5) is 5.69 Å². The summed E-state index contributed by atoms with van der Waals surface area (Å²) in [6, 6.07) is 4.55. The van der Waals surface area contributed by atoms with Gasteiger partial charge in [-0.2, -0.15) is 0 Å². The maximum Gasteiger partial charge on any atom is 0.116 e. The summed E-state index contributed by atoms with van der Waals surface area (Å²) in [6.07, 6.45) is 11.0. The third kappa shape index (κ3) is 2.53. The van der Waals surface area contributed by atoms with Crippen LogP contribution in [-0.4, -0.2) is 35.6 Å². The first-order chi connectivity index (χ1) is 10.4. The minimum absolute atomic E-state index is 0.659. The molecule has 21 heavy (non-hydrogen) atoms. The van der Waals surface area contributed by atoms with E-state index in [0.29, 0.717) is 5.92 Å². The van der Waals surface area contributed by atoms with Crippen LogP contribution in [0.5, 0.6) is 0 Å². The highest BCUT2D eigenvalue weighted by molar-refractivity contribution is 5.60. The van der Waals surface area contributed by atoms with E-state index in [9.17, 15) is 0 Å². The number of hydrogen-bond donors (Lipinski definition) is 1. The number of piperazine rings is 1. The topological polar surface area (TPSA) is 32.6 Å². The Morgan fingerprint density at radius 3 is 2.71 bits per heavy atom. The molecule has 1 aliphatic carbocycles. The van der Waals surface area contributed by atoms with Crippen molar-refractivity contribution in [1.82, 2.24) is 14.7 Å². The Labute approximate surface area is 126 Å². The van der Waals surface area contributed by atoms with Crippen molar-refractivity contribution in [2.24, 2.45) is 0 Å². The maximum atomic E-state index is 4.74. The van der Waals surface area contributed by atoms with Crippen LogP contribution in [0.3, 0.4) is 0 Å². The normalized spacial score (nSPS) is 21.0. The summed E-state index contributed by atoms with van der Waals surface area (Å²) in [4.78, 5) is 7.20. The van der Waals surface area contributed by atoms with Gasteiger partial charge in [-0.15, -0.1) is 0 Å². The molecule has 0 aromatic carbocycles. The number of anilines is 1. The van der Waals surface area contributed by atoms with Crippen molar-refractivity contribution < 1.29 is 0 Å². The predicted octanol–water partition coefficient (Wildman–Crippen LogP) is 2.79. The van der Waals surface area contributed by atoms with E-state index in [1.165, 1.54) is 49.1 Å². The average molecular weight is 284 g/mol. The molecule has 4 rings (SSSR count). The van der Waals surface area contributed by atoms with Gasteiger partial charge in [-0.25, -0.2) is 4.98 Å². The van der Waals surface area contributed by atoms with E-state index >= 15 is 0 Å². The predicted molar refractivity (Wildman–Crippen MR) is 86.1 cm³/mol. The van der Waals surface area contributed by atoms with Gasteiger partial charge < -0.3 is 14.6 Å². The molecule has 2 aliphatic rings. The summed E-state index contributed by atoms with van der Waals surface area (Å²) in [5, 5.41) is 3.41. The van der Waals surface area contributed by atoms with Gasteiger partial charge in [-0.1, -0.05) is 19.3 Å². The molecule has 112 valence electrons. The van der Waals surface area contributed by atoms with Crippen LogP contribution in [0.2, 0.25) is 0 Å². The second kappa shape index (κ2) is 5.68. The van der Waals surface area contributed by atoms with Crippen molar-refractivity contribution in [3.05, 3.63) is 30.4 Å². The van der Waals surface area contributed by atoms with E-state index in [4.69, 9.17) is 4.98 Å². The van der Waals surface area contributed by atoms with Gasteiger partial charge in [0, 0.05) is 44.0 Å². The molecule has 2 fully saturated rings. The highest BCUT2D eigenvalue weighted by Crippen LogP contribution is 2.32. The number of rotatable bonds is 2. The number of hydrogen-bond acceptors (Lipinski definition) is 3. The van der Waals surface area contributed by atoms with Crippen molar-refractivity contribution in [2.75, 3.05) is 31.1 Å². The smallest absolute Gasteiger partial charge is 0.116 e. The van der Waals surface area contributed by atoms with Crippen molar-refractivity contribution in [3.8, 4) is 0 Å². The fraction of sp³-hybridized carbons (Fsp3) is 0.588. The zero-order valence-corrected chi connectivity index (χ0v) is 12.6. The molecule has 0 spiro atoms. The van der Waals surface area contributed by atoms with Gasteiger partial charge in [-0.3, -0.25) is 0 Å². The first-order valence-corrected chi connectivity index (χ1v) is 8.34.